The quantitative estimate of drug-likeness (QED) is 0.160. The maximum atomic E-state index is 11.1. The third-order valence-electron chi connectivity index (χ3n) is 14.1. The maximum Gasteiger partial charge on any atom is 0.0993 e. The summed E-state index contributed by atoms with van der Waals surface area (Å²) in [4.78, 5) is 0. The summed E-state index contributed by atoms with van der Waals surface area (Å²) in [6.45, 7) is 8.47. The second-order valence-corrected chi connectivity index (χ2v) is 18.8. The number of nitrogens with zero attached hydrogens (tertiary/aromatic N) is 4. The predicted octanol–water partition coefficient (Wildman–Crippen LogP) is 17.2. The van der Waals surface area contributed by atoms with Crippen molar-refractivity contribution in [3.8, 4) is 79.1 Å². The standard InChI is InChI=1S/C66H46N4/c1-41-5-15-47(16-6-41)52-25-29-60-56(35-52)57-36-53(48-17-7-42(2)8-18-48)26-30-61(57)69(60)64-33-46(40-68)34-65(66(64)51-23-13-45(39-67)14-24-51)70-62-31-27-54(49-19-9-43(3)10-20-49)37-58(62)59-38-55(28-32-63(59)70)50-21-11-44(4)12-22-50/h5-38H,1-4H3. The van der Waals surface area contributed by atoms with Gasteiger partial charge in [-0.25, -0.2) is 0 Å². The average molecular weight is 895 g/mol. The van der Waals surface area contributed by atoms with Crippen molar-refractivity contribution in [3.05, 3.63) is 240 Å². The van der Waals surface area contributed by atoms with Crippen LogP contribution in [0.1, 0.15) is 33.4 Å². The first-order valence-corrected chi connectivity index (χ1v) is 23.8. The Bertz CT molecular complexity index is 3680. The van der Waals surface area contributed by atoms with Crippen molar-refractivity contribution in [2.24, 2.45) is 0 Å². The zero-order valence-corrected chi connectivity index (χ0v) is 39.4. The molecular formula is C66H46N4. The number of aryl methyl sites for hydroxylation is 4. The summed E-state index contributed by atoms with van der Waals surface area (Å²) in [7, 11) is 0. The first-order valence-electron chi connectivity index (χ1n) is 23.8. The molecule has 0 saturated heterocycles. The van der Waals surface area contributed by atoms with Gasteiger partial charge in [0.25, 0.3) is 0 Å². The average Bonchev–Trinajstić information content (AvgIpc) is 3.90. The minimum absolute atomic E-state index is 0.535. The fraction of sp³-hybridized carbons (Fsp3) is 0.0606. The Hall–Kier alpha value is -9.22. The van der Waals surface area contributed by atoms with Gasteiger partial charge in [-0.05, 0) is 151 Å². The molecule has 330 valence electrons. The summed E-state index contributed by atoms with van der Waals surface area (Å²) in [5, 5.41) is 25.6. The molecule has 12 aromatic rings. The molecule has 0 aliphatic carbocycles. The van der Waals surface area contributed by atoms with Crippen LogP contribution in [0, 0.1) is 50.4 Å². The van der Waals surface area contributed by atoms with Crippen LogP contribution < -0.4 is 0 Å². The fourth-order valence-corrected chi connectivity index (χ4v) is 10.3. The van der Waals surface area contributed by atoms with Crippen molar-refractivity contribution in [2.45, 2.75) is 27.7 Å². The molecule has 12 rings (SSSR count). The molecule has 0 aliphatic rings. The minimum Gasteiger partial charge on any atom is -0.308 e. The van der Waals surface area contributed by atoms with Gasteiger partial charge in [-0.2, -0.15) is 10.5 Å². The maximum absolute atomic E-state index is 11.1. The van der Waals surface area contributed by atoms with Crippen molar-refractivity contribution >= 4 is 43.6 Å². The monoisotopic (exact) mass is 894 g/mol. The van der Waals surface area contributed by atoms with E-state index in [0.29, 0.717) is 11.1 Å². The zero-order valence-electron chi connectivity index (χ0n) is 39.4. The molecule has 4 heteroatoms. The van der Waals surface area contributed by atoms with Crippen LogP contribution in [-0.2, 0) is 0 Å². The number of hydrogen-bond acceptors (Lipinski definition) is 2. The molecule has 2 heterocycles. The third kappa shape index (κ3) is 7.23. The number of benzene rings is 10. The molecule has 10 aromatic carbocycles. The third-order valence-corrected chi connectivity index (χ3v) is 14.1. The van der Waals surface area contributed by atoms with Crippen LogP contribution >= 0.6 is 0 Å². The second kappa shape index (κ2) is 16.8. The summed E-state index contributed by atoms with van der Waals surface area (Å²) < 4.78 is 4.69. The molecule has 0 unspecified atom stereocenters. The van der Waals surface area contributed by atoms with Crippen molar-refractivity contribution in [2.75, 3.05) is 0 Å². The highest BCUT2D eigenvalue weighted by Gasteiger charge is 2.24. The molecular weight excluding hydrogens is 849 g/mol. The second-order valence-electron chi connectivity index (χ2n) is 18.8. The van der Waals surface area contributed by atoms with Crippen LogP contribution in [0.4, 0.5) is 0 Å². The molecule has 0 atom stereocenters. The van der Waals surface area contributed by atoms with E-state index < -0.39 is 0 Å². The van der Waals surface area contributed by atoms with Gasteiger partial charge in [0, 0.05) is 27.1 Å². The van der Waals surface area contributed by atoms with E-state index in [1.807, 2.05) is 36.4 Å². The van der Waals surface area contributed by atoms with Gasteiger partial charge in [-0.1, -0.05) is 156 Å². The number of hydrogen-bond donors (Lipinski definition) is 0. The minimum atomic E-state index is 0.535. The van der Waals surface area contributed by atoms with Crippen molar-refractivity contribution in [3.63, 3.8) is 0 Å². The lowest BCUT2D eigenvalue weighted by Crippen LogP contribution is -2.05. The summed E-state index contributed by atoms with van der Waals surface area (Å²) in [5.74, 6) is 0. The Morgan fingerprint density at radius 3 is 0.800 bits per heavy atom. The van der Waals surface area contributed by atoms with E-state index >= 15 is 0 Å². The van der Waals surface area contributed by atoms with Crippen molar-refractivity contribution < 1.29 is 0 Å². The molecule has 0 bridgehead atoms. The van der Waals surface area contributed by atoms with Crippen LogP contribution in [0.3, 0.4) is 0 Å². The zero-order chi connectivity index (χ0) is 47.6. The lowest BCUT2D eigenvalue weighted by molar-refractivity contribution is 1.13. The van der Waals surface area contributed by atoms with Gasteiger partial charge in [0.1, 0.15) is 0 Å². The molecule has 4 nitrogen and oxygen atoms in total. The molecule has 0 aliphatic heterocycles. The number of fused-ring (bicyclic) bond motifs is 6. The van der Waals surface area contributed by atoms with Gasteiger partial charge in [0.2, 0.25) is 0 Å². The summed E-state index contributed by atoms with van der Waals surface area (Å²) in [6, 6.07) is 78.8. The van der Waals surface area contributed by atoms with E-state index in [-0.39, 0.29) is 0 Å². The highest BCUT2D eigenvalue weighted by Crippen LogP contribution is 2.45. The Balaban J connectivity index is 1.19. The Morgan fingerprint density at radius 1 is 0.271 bits per heavy atom. The largest absolute Gasteiger partial charge is 0.308 e. The van der Waals surface area contributed by atoms with Gasteiger partial charge in [0.05, 0.1) is 56.7 Å². The normalized spacial score (nSPS) is 11.4. The number of rotatable bonds is 7. The number of aromatic nitrogens is 2. The lowest BCUT2D eigenvalue weighted by atomic mass is 9.97. The van der Waals surface area contributed by atoms with E-state index in [0.717, 1.165) is 111 Å². The Morgan fingerprint density at radius 2 is 0.529 bits per heavy atom. The topological polar surface area (TPSA) is 57.4 Å². The van der Waals surface area contributed by atoms with Crippen LogP contribution in [0.5, 0.6) is 0 Å². The van der Waals surface area contributed by atoms with Crippen LogP contribution in [0.25, 0.3) is 111 Å². The molecule has 0 radical (unpaired) electrons. The fourth-order valence-electron chi connectivity index (χ4n) is 10.3. The Kier molecular flexibility index (Phi) is 10.1. The molecule has 0 N–H and O–H groups in total. The molecule has 0 amide bonds. The molecule has 0 saturated carbocycles. The summed E-state index contributed by atoms with van der Waals surface area (Å²) in [6.07, 6.45) is 0. The smallest absolute Gasteiger partial charge is 0.0993 e. The number of nitriles is 2. The van der Waals surface area contributed by atoms with E-state index in [9.17, 15) is 10.5 Å². The molecule has 70 heavy (non-hydrogen) atoms. The molecule has 0 fully saturated rings. The first kappa shape index (κ1) is 42.2. The highest BCUT2D eigenvalue weighted by atomic mass is 15.0. The highest BCUT2D eigenvalue weighted by molar-refractivity contribution is 6.14. The SMILES string of the molecule is Cc1ccc(-c2ccc3c(c2)c2cc(-c4ccc(C)cc4)ccc2n3-c2cc(C#N)cc(-n3c4ccc(-c5ccc(C)cc5)cc4c4cc(-c5ccc(C)cc5)ccc43)c2-c2ccc(C#N)cc2)cc1. The van der Waals surface area contributed by atoms with E-state index in [2.05, 4.69) is 219 Å². The van der Waals surface area contributed by atoms with Crippen LogP contribution in [0.2, 0.25) is 0 Å². The van der Waals surface area contributed by atoms with Crippen LogP contribution in [-0.4, -0.2) is 9.13 Å². The van der Waals surface area contributed by atoms with Crippen molar-refractivity contribution in [1.29, 1.82) is 10.5 Å². The molecule has 0 spiro atoms. The first-order chi connectivity index (χ1) is 34.2. The lowest BCUT2D eigenvalue weighted by Gasteiger charge is -2.21. The summed E-state index contributed by atoms with van der Waals surface area (Å²) >= 11 is 0. The van der Waals surface area contributed by atoms with Gasteiger partial charge in [-0.15, -0.1) is 0 Å². The van der Waals surface area contributed by atoms with E-state index in [1.54, 1.807) is 0 Å². The van der Waals surface area contributed by atoms with Gasteiger partial charge >= 0.3 is 0 Å². The summed E-state index contributed by atoms with van der Waals surface area (Å²) in [5.41, 5.74) is 22.8. The van der Waals surface area contributed by atoms with Gasteiger partial charge in [-0.3, -0.25) is 0 Å². The predicted molar refractivity (Wildman–Crippen MR) is 291 cm³/mol. The van der Waals surface area contributed by atoms with Gasteiger partial charge in [0.15, 0.2) is 0 Å². The van der Waals surface area contributed by atoms with E-state index in [1.165, 1.54) is 22.3 Å². The van der Waals surface area contributed by atoms with Crippen LogP contribution in [0.15, 0.2) is 206 Å². The Labute approximate surface area is 407 Å². The van der Waals surface area contributed by atoms with E-state index in [4.69, 9.17) is 0 Å². The van der Waals surface area contributed by atoms with Crippen molar-refractivity contribution in [1.82, 2.24) is 9.13 Å². The molecule has 2 aromatic heterocycles. The van der Waals surface area contributed by atoms with Gasteiger partial charge < -0.3 is 9.13 Å².